The van der Waals surface area contributed by atoms with Gasteiger partial charge < -0.3 is 14.8 Å². The highest BCUT2D eigenvalue weighted by molar-refractivity contribution is 6.32. The van der Waals surface area contributed by atoms with Crippen LogP contribution in [0.25, 0.3) is 0 Å². The number of amides is 1. The minimum atomic E-state index is -4.64. The number of halogens is 4. The zero-order chi connectivity index (χ0) is 26.7. The zero-order valence-electron chi connectivity index (χ0n) is 19.6. The van der Waals surface area contributed by atoms with Crippen LogP contribution >= 0.6 is 11.6 Å². The molecule has 1 N–H and O–H groups in total. The van der Waals surface area contributed by atoms with E-state index in [0.29, 0.717) is 11.3 Å². The molecule has 1 atom stereocenters. The first-order chi connectivity index (χ1) is 16.9. The molecule has 3 rings (SSSR count). The Balaban J connectivity index is 1.83. The van der Waals surface area contributed by atoms with Crippen molar-refractivity contribution in [3.05, 3.63) is 64.2 Å². The molecule has 1 amide bonds. The minimum absolute atomic E-state index is 0.0471. The second-order valence-corrected chi connectivity index (χ2v) is 8.54. The van der Waals surface area contributed by atoms with Crippen LogP contribution in [0.1, 0.15) is 35.3 Å². The molecule has 36 heavy (non-hydrogen) atoms. The first-order valence-electron chi connectivity index (χ1n) is 10.8. The van der Waals surface area contributed by atoms with Gasteiger partial charge in [-0.3, -0.25) is 14.6 Å². The number of ether oxygens (including phenoxy) is 2. The normalized spacial score (nSPS) is 17.4. The van der Waals surface area contributed by atoms with E-state index in [1.165, 1.54) is 42.5 Å². The summed E-state index contributed by atoms with van der Waals surface area (Å²) in [6, 6.07) is 9.11. The van der Waals surface area contributed by atoms with Crippen molar-refractivity contribution in [2.75, 3.05) is 32.1 Å². The van der Waals surface area contributed by atoms with Gasteiger partial charge in [0.25, 0.3) is 0 Å². The van der Waals surface area contributed by atoms with Crippen molar-refractivity contribution in [2.24, 2.45) is 10.5 Å². The third-order valence-electron chi connectivity index (χ3n) is 5.45. The standard InChI is InChI=1S/C24H23ClF3N3O5/c1-4-36-22(34)23(2)13-31(12-19(32)29-16-8-5-14(6-9-16)21(33)35-3)30-20(23)15-7-10-17(18(25)11-15)24(26,27)28/h5-11H,4,12-13H2,1-3H3,(H,29,32). The number of alkyl halides is 3. The molecule has 2 aromatic rings. The Morgan fingerprint density at radius 3 is 2.39 bits per heavy atom. The van der Waals surface area contributed by atoms with Gasteiger partial charge >= 0.3 is 18.1 Å². The molecule has 1 heterocycles. The van der Waals surface area contributed by atoms with Gasteiger partial charge in [-0.15, -0.1) is 0 Å². The fraction of sp³-hybridized carbons (Fsp3) is 0.333. The number of rotatable bonds is 7. The van der Waals surface area contributed by atoms with Gasteiger partial charge in [0.15, 0.2) is 0 Å². The van der Waals surface area contributed by atoms with Gasteiger partial charge in [0.1, 0.15) is 12.0 Å². The Hall–Kier alpha value is -3.60. The number of carbonyl (C=O) groups excluding carboxylic acids is 3. The summed E-state index contributed by atoms with van der Waals surface area (Å²) in [5, 5.41) is 7.81. The maximum Gasteiger partial charge on any atom is 0.417 e. The lowest BCUT2D eigenvalue weighted by Crippen LogP contribution is -2.41. The number of hydrogen-bond donors (Lipinski definition) is 1. The lowest BCUT2D eigenvalue weighted by atomic mass is 9.82. The third kappa shape index (κ3) is 5.78. The number of hydrazone groups is 1. The maximum absolute atomic E-state index is 13.1. The summed E-state index contributed by atoms with van der Waals surface area (Å²) in [6.45, 7) is 2.94. The predicted octanol–water partition coefficient (Wildman–Crippen LogP) is 4.37. The summed E-state index contributed by atoms with van der Waals surface area (Å²) < 4.78 is 49.2. The Kier molecular flexibility index (Phi) is 7.92. The molecule has 0 saturated heterocycles. The largest absolute Gasteiger partial charge is 0.465 e. The quantitative estimate of drug-likeness (QED) is 0.539. The van der Waals surface area contributed by atoms with Gasteiger partial charge in [-0.25, -0.2) is 4.79 Å². The molecule has 1 unspecified atom stereocenters. The van der Waals surface area contributed by atoms with Crippen LogP contribution in [0.5, 0.6) is 0 Å². The molecule has 1 aliphatic heterocycles. The minimum Gasteiger partial charge on any atom is -0.465 e. The van der Waals surface area contributed by atoms with E-state index in [0.717, 1.165) is 12.1 Å². The molecule has 0 radical (unpaired) electrons. The van der Waals surface area contributed by atoms with Crippen molar-refractivity contribution in [2.45, 2.75) is 20.0 Å². The van der Waals surface area contributed by atoms with Crippen molar-refractivity contribution in [3.8, 4) is 0 Å². The van der Waals surface area contributed by atoms with Gasteiger partial charge in [0.05, 0.1) is 42.1 Å². The molecule has 0 saturated carbocycles. The van der Waals surface area contributed by atoms with E-state index < -0.39 is 40.0 Å². The number of benzene rings is 2. The highest BCUT2D eigenvalue weighted by Crippen LogP contribution is 2.38. The van der Waals surface area contributed by atoms with E-state index in [9.17, 15) is 27.6 Å². The summed E-state index contributed by atoms with van der Waals surface area (Å²) in [7, 11) is 1.26. The highest BCUT2D eigenvalue weighted by atomic mass is 35.5. The van der Waals surface area contributed by atoms with E-state index in [4.69, 9.17) is 16.3 Å². The van der Waals surface area contributed by atoms with Crippen LogP contribution in [0, 0.1) is 5.41 Å². The SMILES string of the molecule is CCOC(=O)C1(C)CN(CC(=O)Nc2ccc(C(=O)OC)cc2)N=C1c1ccc(C(F)(F)F)c(Cl)c1. The lowest BCUT2D eigenvalue weighted by Gasteiger charge is -2.24. The van der Waals surface area contributed by atoms with Gasteiger partial charge in [-0.1, -0.05) is 17.7 Å². The number of anilines is 1. The smallest absolute Gasteiger partial charge is 0.417 e. The number of nitrogens with one attached hydrogen (secondary N) is 1. The van der Waals surface area contributed by atoms with E-state index in [1.807, 2.05) is 0 Å². The second-order valence-electron chi connectivity index (χ2n) is 8.13. The molecule has 2 aromatic carbocycles. The molecule has 192 valence electrons. The van der Waals surface area contributed by atoms with Crippen LogP contribution in [-0.4, -0.2) is 55.4 Å². The number of hydrogen-bond acceptors (Lipinski definition) is 7. The number of nitrogens with zero attached hydrogens (tertiary/aromatic N) is 2. The Morgan fingerprint density at radius 1 is 1.17 bits per heavy atom. The Labute approximate surface area is 210 Å². The predicted molar refractivity (Wildman–Crippen MR) is 126 cm³/mol. The van der Waals surface area contributed by atoms with Crippen LogP contribution in [0.4, 0.5) is 18.9 Å². The van der Waals surface area contributed by atoms with E-state index in [-0.39, 0.29) is 31.0 Å². The van der Waals surface area contributed by atoms with Crippen LogP contribution in [0.2, 0.25) is 5.02 Å². The van der Waals surface area contributed by atoms with Crippen LogP contribution in [0.3, 0.4) is 0 Å². The van der Waals surface area contributed by atoms with E-state index >= 15 is 0 Å². The first kappa shape index (κ1) is 27.0. The van der Waals surface area contributed by atoms with Crippen molar-refractivity contribution < 1.29 is 37.0 Å². The zero-order valence-corrected chi connectivity index (χ0v) is 20.4. The van der Waals surface area contributed by atoms with Crippen LogP contribution < -0.4 is 5.32 Å². The fourth-order valence-electron chi connectivity index (χ4n) is 3.71. The van der Waals surface area contributed by atoms with Crippen molar-refractivity contribution in [1.29, 1.82) is 0 Å². The van der Waals surface area contributed by atoms with Gasteiger partial charge in [0.2, 0.25) is 5.91 Å². The average Bonchev–Trinajstić information content (AvgIpc) is 3.15. The molecule has 8 nitrogen and oxygen atoms in total. The molecule has 0 fully saturated rings. The molecule has 1 aliphatic rings. The van der Waals surface area contributed by atoms with Crippen molar-refractivity contribution in [3.63, 3.8) is 0 Å². The van der Waals surface area contributed by atoms with Crippen molar-refractivity contribution >= 4 is 40.8 Å². The highest BCUT2D eigenvalue weighted by Gasteiger charge is 2.47. The maximum atomic E-state index is 13.1. The van der Waals surface area contributed by atoms with Crippen molar-refractivity contribution in [1.82, 2.24) is 5.01 Å². The third-order valence-corrected chi connectivity index (χ3v) is 5.77. The number of esters is 2. The molecule has 0 aromatic heterocycles. The number of methoxy groups -OCH3 is 1. The van der Waals surface area contributed by atoms with Crippen LogP contribution in [-0.2, 0) is 25.2 Å². The first-order valence-corrected chi connectivity index (χ1v) is 11.1. The van der Waals surface area contributed by atoms with Crippen LogP contribution in [0.15, 0.2) is 47.6 Å². The summed E-state index contributed by atoms with van der Waals surface area (Å²) in [4.78, 5) is 37.0. The monoisotopic (exact) mass is 525 g/mol. The number of carbonyl (C=O) groups is 3. The van der Waals surface area contributed by atoms with Gasteiger partial charge in [-0.05, 0) is 50.2 Å². The summed E-state index contributed by atoms with van der Waals surface area (Å²) in [5.74, 6) is -1.63. The van der Waals surface area contributed by atoms with E-state index in [2.05, 4.69) is 15.2 Å². The topological polar surface area (TPSA) is 97.3 Å². The summed E-state index contributed by atoms with van der Waals surface area (Å²) >= 11 is 5.88. The molecule has 12 heteroatoms. The molecule has 0 bridgehead atoms. The van der Waals surface area contributed by atoms with Gasteiger partial charge in [-0.2, -0.15) is 18.3 Å². The second kappa shape index (κ2) is 10.6. The van der Waals surface area contributed by atoms with Gasteiger partial charge in [0, 0.05) is 11.3 Å². The fourth-order valence-corrected chi connectivity index (χ4v) is 4.00. The molecular weight excluding hydrogens is 503 g/mol. The average molecular weight is 526 g/mol. The van der Waals surface area contributed by atoms with E-state index in [1.54, 1.807) is 13.8 Å². The summed E-state index contributed by atoms with van der Waals surface area (Å²) in [6.07, 6.45) is -4.64. The summed E-state index contributed by atoms with van der Waals surface area (Å²) in [5.41, 5.74) is -1.32. The Morgan fingerprint density at radius 2 is 1.83 bits per heavy atom. The molecule has 0 aliphatic carbocycles. The molecule has 0 spiro atoms. The lowest BCUT2D eigenvalue weighted by molar-refractivity contribution is -0.150. The Bertz CT molecular complexity index is 1200. The molecular formula is C24H23ClF3N3O5.